The maximum atomic E-state index is 11.6. The van der Waals surface area contributed by atoms with Crippen molar-refractivity contribution in [3.05, 3.63) is 35.9 Å². The Morgan fingerprint density at radius 1 is 1.24 bits per heavy atom. The quantitative estimate of drug-likeness (QED) is 0.768. The summed E-state index contributed by atoms with van der Waals surface area (Å²) >= 11 is 0. The predicted octanol–water partition coefficient (Wildman–Crippen LogP) is 2.62. The molecule has 1 N–H and O–H groups in total. The Labute approximate surface area is 102 Å². The number of hydrogen-bond donors (Lipinski definition) is 1. The standard InChI is InChI=1S/C14H19NO2/c1-3-4-10-13(16)14(17)15-11(2)12-8-6-5-7-9-12/h5-9,11H,3-4,10H2,1-2H3,(H,15,17)/t11-/m0/s1. The molecule has 3 heteroatoms. The second kappa shape index (κ2) is 6.84. The normalized spacial score (nSPS) is 11.9. The van der Waals surface area contributed by atoms with Gasteiger partial charge in [-0.05, 0) is 18.9 Å². The molecule has 1 atom stereocenters. The lowest BCUT2D eigenvalue weighted by molar-refractivity contribution is -0.138. The zero-order chi connectivity index (χ0) is 12.7. The number of Topliss-reactive ketones (excluding diaryl/α,β-unsaturated/α-hetero) is 1. The maximum absolute atomic E-state index is 11.6. The molecular weight excluding hydrogens is 214 g/mol. The average molecular weight is 233 g/mol. The topological polar surface area (TPSA) is 46.2 Å². The van der Waals surface area contributed by atoms with Crippen LogP contribution in [0.3, 0.4) is 0 Å². The van der Waals surface area contributed by atoms with Crippen molar-refractivity contribution >= 4 is 11.7 Å². The van der Waals surface area contributed by atoms with Crippen molar-refractivity contribution in [3.8, 4) is 0 Å². The third-order valence-corrected chi connectivity index (χ3v) is 2.66. The van der Waals surface area contributed by atoms with Gasteiger partial charge in [-0.3, -0.25) is 9.59 Å². The lowest BCUT2D eigenvalue weighted by Crippen LogP contribution is -2.33. The van der Waals surface area contributed by atoms with Gasteiger partial charge in [0.2, 0.25) is 5.78 Å². The molecule has 0 aliphatic rings. The molecule has 1 aromatic carbocycles. The van der Waals surface area contributed by atoms with Gasteiger partial charge >= 0.3 is 0 Å². The monoisotopic (exact) mass is 233 g/mol. The molecule has 17 heavy (non-hydrogen) atoms. The van der Waals surface area contributed by atoms with Gasteiger partial charge < -0.3 is 5.32 Å². The molecule has 0 saturated carbocycles. The number of unbranched alkanes of at least 4 members (excludes halogenated alkanes) is 1. The van der Waals surface area contributed by atoms with Crippen LogP contribution < -0.4 is 5.32 Å². The molecule has 0 saturated heterocycles. The van der Waals surface area contributed by atoms with Crippen LogP contribution in [0.2, 0.25) is 0 Å². The van der Waals surface area contributed by atoms with Crippen LogP contribution in [0.15, 0.2) is 30.3 Å². The molecular formula is C14H19NO2. The van der Waals surface area contributed by atoms with Gasteiger partial charge in [0.05, 0.1) is 6.04 Å². The summed E-state index contributed by atoms with van der Waals surface area (Å²) in [7, 11) is 0. The molecule has 0 aliphatic carbocycles. The maximum Gasteiger partial charge on any atom is 0.287 e. The SMILES string of the molecule is CCCCC(=O)C(=O)N[C@@H](C)c1ccccc1. The van der Waals surface area contributed by atoms with Crippen molar-refractivity contribution in [2.45, 2.75) is 39.2 Å². The van der Waals surface area contributed by atoms with Gasteiger partial charge in [0, 0.05) is 6.42 Å². The second-order valence-electron chi connectivity index (χ2n) is 4.13. The number of nitrogens with one attached hydrogen (secondary N) is 1. The number of amides is 1. The van der Waals surface area contributed by atoms with Crippen LogP contribution in [0, 0.1) is 0 Å². The van der Waals surface area contributed by atoms with E-state index < -0.39 is 5.91 Å². The summed E-state index contributed by atoms with van der Waals surface area (Å²) in [6, 6.07) is 9.48. The third kappa shape index (κ3) is 4.39. The zero-order valence-corrected chi connectivity index (χ0v) is 10.4. The van der Waals surface area contributed by atoms with Crippen molar-refractivity contribution in [2.24, 2.45) is 0 Å². The van der Waals surface area contributed by atoms with E-state index in [0.29, 0.717) is 6.42 Å². The third-order valence-electron chi connectivity index (χ3n) is 2.66. The lowest BCUT2D eigenvalue weighted by Gasteiger charge is -2.13. The smallest absolute Gasteiger partial charge is 0.287 e. The lowest BCUT2D eigenvalue weighted by atomic mass is 10.1. The highest BCUT2D eigenvalue weighted by Crippen LogP contribution is 2.11. The van der Waals surface area contributed by atoms with E-state index in [1.807, 2.05) is 44.2 Å². The van der Waals surface area contributed by atoms with E-state index in [0.717, 1.165) is 18.4 Å². The Balaban J connectivity index is 2.49. The summed E-state index contributed by atoms with van der Waals surface area (Å²) in [4.78, 5) is 23.0. The van der Waals surface area contributed by atoms with Crippen molar-refractivity contribution in [1.29, 1.82) is 0 Å². The fourth-order valence-corrected chi connectivity index (χ4v) is 1.55. The highest BCUT2D eigenvalue weighted by atomic mass is 16.2. The summed E-state index contributed by atoms with van der Waals surface area (Å²) in [6.45, 7) is 3.87. The van der Waals surface area contributed by atoms with E-state index in [1.54, 1.807) is 0 Å². The summed E-state index contributed by atoms with van der Waals surface area (Å²) in [6.07, 6.45) is 2.03. The van der Waals surface area contributed by atoms with Crippen LogP contribution in [-0.2, 0) is 9.59 Å². The molecule has 0 spiro atoms. The van der Waals surface area contributed by atoms with Gasteiger partial charge in [-0.2, -0.15) is 0 Å². The van der Waals surface area contributed by atoms with Gasteiger partial charge in [0.15, 0.2) is 0 Å². The summed E-state index contributed by atoms with van der Waals surface area (Å²) in [5, 5.41) is 2.72. The Hall–Kier alpha value is -1.64. The van der Waals surface area contributed by atoms with Crippen LogP contribution in [0.4, 0.5) is 0 Å². The van der Waals surface area contributed by atoms with E-state index in [1.165, 1.54) is 0 Å². The second-order valence-corrected chi connectivity index (χ2v) is 4.13. The number of rotatable bonds is 6. The van der Waals surface area contributed by atoms with E-state index in [9.17, 15) is 9.59 Å². The fourth-order valence-electron chi connectivity index (χ4n) is 1.55. The molecule has 92 valence electrons. The molecule has 1 aromatic rings. The van der Waals surface area contributed by atoms with Gasteiger partial charge in [-0.25, -0.2) is 0 Å². The first-order valence-electron chi connectivity index (χ1n) is 6.03. The van der Waals surface area contributed by atoms with Gasteiger partial charge in [0.1, 0.15) is 0 Å². The van der Waals surface area contributed by atoms with Gasteiger partial charge in [0.25, 0.3) is 5.91 Å². The number of carbonyl (C=O) groups excluding carboxylic acids is 2. The fraction of sp³-hybridized carbons (Fsp3) is 0.429. The Kier molecular flexibility index (Phi) is 5.40. The minimum atomic E-state index is -0.477. The van der Waals surface area contributed by atoms with E-state index in [-0.39, 0.29) is 11.8 Å². The molecule has 3 nitrogen and oxygen atoms in total. The van der Waals surface area contributed by atoms with Crippen LogP contribution in [0.1, 0.15) is 44.7 Å². The summed E-state index contributed by atoms with van der Waals surface area (Å²) < 4.78 is 0. The van der Waals surface area contributed by atoms with Crippen LogP contribution >= 0.6 is 0 Å². The highest BCUT2D eigenvalue weighted by molar-refractivity contribution is 6.36. The van der Waals surface area contributed by atoms with Crippen molar-refractivity contribution in [2.75, 3.05) is 0 Å². The summed E-state index contributed by atoms with van der Waals surface area (Å²) in [5.74, 6) is -0.801. The molecule has 0 radical (unpaired) electrons. The Bertz CT molecular complexity index is 373. The predicted molar refractivity (Wildman–Crippen MR) is 67.5 cm³/mol. The first kappa shape index (κ1) is 13.4. The summed E-state index contributed by atoms with van der Waals surface area (Å²) in [5.41, 5.74) is 1.00. The minimum Gasteiger partial charge on any atom is -0.343 e. The molecule has 0 aromatic heterocycles. The molecule has 1 amide bonds. The van der Waals surface area contributed by atoms with Crippen molar-refractivity contribution < 1.29 is 9.59 Å². The van der Waals surface area contributed by atoms with Gasteiger partial charge in [-0.1, -0.05) is 43.7 Å². The van der Waals surface area contributed by atoms with E-state index in [4.69, 9.17) is 0 Å². The molecule has 0 bridgehead atoms. The average Bonchev–Trinajstić information content (AvgIpc) is 2.36. The molecule has 0 heterocycles. The van der Waals surface area contributed by atoms with E-state index in [2.05, 4.69) is 5.32 Å². The van der Waals surface area contributed by atoms with Crippen LogP contribution in [0.25, 0.3) is 0 Å². The Morgan fingerprint density at radius 2 is 1.88 bits per heavy atom. The van der Waals surface area contributed by atoms with Gasteiger partial charge in [-0.15, -0.1) is 0 Å². The molecule has 0 unspecified atom stereocenters. The number of ketones is 1. The zero-order valence-electron chi connectivity index (χ0n) is 10.4. The first-order chi connectivity index (χ1) is 8.15. The molecule has 1 rings (SSSR count). The largest absolute Gasteiger partial charge is 0.343 e. The van der Waals surface area contributed by atoms with Crippen LogP contribution in [0.5, 0.6) is 0 Å². The molecule has 0 fully saturated rings. The highest BCUT2D eigenvalue weighted by Gasteiger charge is 2.15. The van der Waals surface area contributed by atoms with Crippen LogP contribution in [-0.4, -0.2) is 11.7 Å². The first-order valence-corrected chi connectivity index (χ1v) is 6.03. The minimum absolute atomic E-state index is 0.130. The Morgan fingerprint density at radius 3 is 2.47 bits per heavy atom. The number of hydrogen-bond acceptors (Lipinski definition) is 2. The van der Waals surface area contributed by atoms with Crippen molar-refractivity contribution in [3.63, 3.8) is 0 Å². The number of carbonyl (C=O) groups is 2. The number of benzene rings is 1. The molecule has 0 aliphatic heterocycles. The van der Waals surface area contributed by atoms with Crippen molar-refractivity contribution in [1.82, 2.24) is 5.32 Å². The van der Waals surface area contributed by atoms with E-state index >= 15 is 0 Å².